The van der Waals surface area contributed by atoms with Gasteiger partial charge in [-0.15, -0.1) is 0 Å². The van der Waals surface area contributed by atoms with E-state index in [1.165, 1.54) is 4.90 Å². The molecule has 0 aliphatic carbocycles. The standard InChI is InChI=1S/C11H20N2O3/c1-6(2)9(12)10(14)13-5-7(3)4-8(13)11(15)16/h6-9H,4-5,12H2,1-3H3,(H,15,16). The molecule has 1 heterocycles. The van der Waals surface area contributed by atoms with Crippen LogP contribution < -0.4 is 5.73 Å². The molecule has 3 N–H and O–H groups in total. The molecule has 0 bridgehead atoms. The van der Waals surface area contributed by atoms with Gasteiger partial charge in [0.2, 0.25) is 5.91 Å². The third-order valence-electron chi connectivity index (χ3n) is 3.08. The molecular formula is C11H20N2O3. The average Bonchev–Trinajstić information content (AvgIpc) is 2.58. The molecular weight excluding hydrogens is 208 g/mol. The number of hydrogen-bond donors (Lipinski definition) is 2. The molecule has 1 amide bonds. The Hall–Kier alpha value is -1.10. The van der Waals surface area contributed by atoms with Gasteiger partial charge in [-0.25, -0.2) is 4.79 Å². The maximum atomic E-state index is 12.0. The van der Waals surface area contributed by atoms with E-state index in [1.807, 2.05) is 20.8 Å². The van der Waals surface area contributed by atoms with Gasteiger partial charge >= 0.3 is 5.97 Å². The fourth-order valence-electron chi connectivity index (χ4n) is 2.00. The fourth-order valence-corrected chi connectivity index (χ4v) is 2.00. The molecule has 1 aliphatic rings. The number of carboxylic acids is 1. The van der Waals surface area contributed by atoms with Gasteiger partial charge in [-0.05, 0) is 18.3 Å². The van der Waals surface area contributed by atoms with Crippen LogP contribution in [0.3, 0.4) is 0 Å². The molecule has 0 radical (unpaired) electrons. The first kappa shape index (κ1) is 13.0. The summed E-state index contributed by atoms with van der Waals surface area (Å²) in [6.07, 6.45) is 0.520. The van der Waals surface area contributed by atoms with Crippen molar-refractivity contribution in [1.29, 1.82) is 0 Å². The highest BCUT2D eigenvalue weighted by Crippen LogP contribution is 2.24. The largest absolute Gasteiger partial charge is 0.480 e. The first-order valence-electron chi connectivity index (χ1n) is 5.63. The summed E-state index contributed by atoms with van der Waals surface area (Å²) >= 11 is 0. The minimum atomic E-state index is -0.936. The number of nitrogens with two attached hydrogens (primary N) is 1. The zero-order valence-electron chi connectivity index (χ0n) is 10.0. The Balaban J connectivity index is 2.78. The predicted octanol–water partition coefficient (Wildman–Crippen LogP) is 0.291. The monoisotopic (exact) mass is 228 g/mol. The molecule has 0 aromatic rings. The maximum Gasteiger partial charge on any atom is 0.326 e. The van der Waals surface area contributed by atoms with Crippen molar-refractivity contribution in [1.82, 2.24) is 4.90 Å². The fraction of sp³-hybridized carbons (Fsp3) is 0.818. The lowest BCUT2D eigenvalue weighted by Gasteiger charge is -2.26. The predicted molar refractivity (Wildman–Crippen MR) is 59.7 cm³/mol. The lowest BCUT2D eigenvalue weighted by atomic mass is 10.0. The van der Waals surface area contributed by atoms with Crippen molar-refractivity contribution >= 4 is 11.9 Å². The zero-order chi connectivity index (χ0) is 12.5. The Labute approximate surface area is 95.6 Å². The van der Waals surface area contributed by atoms with Gasteiger partial charge in [0.15, 0.2) is 0 Å². The number of nitrogens with zero attached hydrogens (tertiary/aromatic N) is 1. The molecule has 0 saturated carbocycles. The number of carboxylic acid groups (broad SMARTS) is 1. The second-order valence-electron chi connectivity index (χ2n) is 4.96. The second-order valence-corrected chi connectivity index (χ2v) is 4.96. The van der Waals surface area contributed by atoms with E-state index in [1.54, 1.807) is 0 Å². The molecule has 5 nitrogen and oxygen atoms in total. The van der Waals surface area contributed by atoms with Crippen LogP contribution in [-0.4, -0.2) is 40.5 Å². The smallest absolute Gasteiger partial charge is 0.326 e. The molecule has 3 atom stereocenters. The van der Waals surface area contributed by atoms with Gasteiger partial charge < -0.3 is 15.7 Å². The molecule has 92 valence electrons. The number of hydrogen-bond acceptors (Lipinski definition) is 3. The van der Waals surface area contributed by atoms with Crippen LogP contribution in [0.2, 0.25) is 0 Å². The third kappa shape index (κ3) is 2.52. The first-order chi connectivity index (χ1) is 7.34. The Kier molecular flexibility index (Phi) is 3.91. The quantitative estimate of drug-likeness (QED) is 0.727. The van der Waals surface area contributed by atoms with Crippen molar-refractivity contribution in [3.05, 3.63) is 0 Å². The van der Waals surface area contributed by atoms with E-state index in [-0.39, 0.29) is 17.7 Å². The Bertz CT molecular complexity index is 291. The molecule has 1 fully saturated rings. The van der Waals surface area contributed by atoms with Gasteiger partial charge in [0, 0.05) is 6.54 Å². The number of carbonyl (C=O) groups excluding carboxylic acids is 1. The summed E-state index contributed by atoms with van der Waals surface area (Å²) in [4.78, 5) is 24.4. The van der Waals surface area contributed by atoms with Crippen LogP contribution in [-0.2, 0) is 9.59 Å². The minimum Gasteiger partial charge on any atom is -0.480 e. The summed E-state index contributed by atoms with van der Waals surface area (Å²) in [6.45, 7) is 6.16. The number of carbonyl (C=O) groups is 2. The summed E-state index contributed by atoms with van der Waals surface area (Å²) in [5, 5.41) is 9.04. The van der Waals surface area contributed by atoms with E-state index in [0.29, 0.717) is 13.0 Å². The van der Waals surface area contributed by atoms with Gasteiger partial charge in [-0.3, -0.25) is 4.79 Å². The number of likely N-dealkylation sites (tertiary alicyclic amines) is 1. The molecule has 3 unspecified atom stereocenters. The summed E-state index contributed by atoms with van der Waals surface area (Å²) in [7, 11) is 0. The van der Waals surface area contributed by atoms with Crippen molar-refractivity contribution in [2.24, 2.45) is 17.6 Å². The van der Waals surface area contributed by atoms with Crippen molar-refractivity contribution in [2.45, 2.75) is 39.3 Å². The van der Waals surface area contributed by atoms with E-state index < -0.39 is 18.1 Å². The Morgan fingerprint density at radius 2 is 2.00 bits per heavy atom. The van der Waals surface area contributed by atoms with E-state index in [2.05, 4.69) is 0 Å². The van der Waals surface area contributed by atoms with Gasteiger partial charge in [-0.2, -0.15) is 0 Å². The number of amides is 1. The van der Waals surface area contributed by atoms with Crippen LogP contribution in [0.5, 0.6) is 0 Å². The summed E-state index contributed by atoms with van der Waals surface area (Å²) < 4.78 is 0. The Morgan fingerprint density at radius 3 is 2.44 bits per heavy atom. The van der Waals surface area contributed by atoms with Crippen molar-refractivity contribution in [3.63, 3.8) is 0 Å². The molecule has 0 aromatic carbocycles. The van der Waals surface area contributed by atoms with Gasteiger partial charge in [0.25, 0.3) is 0 Å². The van der Waals surface area contributed by atoms with E-state index in [9.17, 15) is 9.59 Å². The zero-order valence-corrected chi connectivity index (χ0v) is 10.0. The Morgan fingerprint density at radius 1 is 1.44 bits per heavy atom. The SMILES string of the molecule is CC1CC(C(=O)O)N(C(=O)C(N)C(C)C)C1. The topological polar surface area (TPSA) is 83.6 Å². The normalized spacial score (nSPS) is 27.2. The lowest BCUT2D eigenvalue weighted by molar-refractivity contribution is -0.149. The van der Waals surface area contributed by atoms with Crippen molar-refractivity contribution in [3.8, 4) is 0 Å². The van der Waals surface area contributed by atoms with E-state index in [0.717, 1.165) is 0 Å². The second kappa shape index (κ2) is 4.82. The van der Waals surface area contributed by atoms with Gasteiger partial charge in [-0.1, -0.05) is 20.8 Å². The van der Waals surface area contributed by atoms with Crippen molar-refractivity contribution in [2.75, 3.05) is 6.54 Å². The van der Waals surface area contributed by atoms with E-state index in [4.69, 9.17) is 10.8 Å². The average molecular weight is 228 g/mol. The number of aliphatic carboxylic acids is 1. The van der Waals surface area contributed by atoms with E-state index >= 15 is 0 Å². The highest BCUT2D eigenvalue weighted by atomic mass is 16.4. The molecule has 1 saturated heterocycles. The minimum absolute atomic E-state index is 0.0258. The molecule has 5 heteroatoms. The molecule has 16 heavy (non-hydrogen) atoms. The first-order valence-corrected chi connectivity index (χ1v) is 5.63. The summed E-state index contributed by atoms with van der Waals surface area (Å²) in [6, 6.07) is -1.31. The summed E-state index contributed by atoms with van der Waals surface area (Å²) in [5.74, 6) is -0.928. The molecule has 1 rings (SSSR count). The van der Waals surface area contributed by atoms with Crippen LogP contribution in [0.25, 0.3) is 0 Å². The van der Waals surface area contributed by atoms with Crippen LogP contribution in [0.1, 0.15) is 27.2 Å². The van der Waals surface area contributed by atoms with Crippen LogP contribution >= 0.6 is 0 Å². The van der Waals surface area contributed by atoms with Gasteiger partial charge in [0.1, 0.15) is 6.04 Å². The highest BCUT2D eigenvalue weighted by molar-refractivity contribution is 5.87. The maximum absolute atomic E-state index is 12.0. The van der Waals surface area contributed by atoms with Crippen LogP contribution in [0, 0.1) is 11.8 Å². The third-order valence-corrected chi connectivity index (χ3v) is 3.08. The van der Waals surface area contributed by atoms with Gasteiger partial charge in [0.05, 0.1) is 6.04 Å². The van der Waals surface area contributed by atoms with Crippen LogP contribution in [0.4, 0.5) is 0 Å². The van der Waals surface area contributed by atoms with Crippen molar-refractivity contribution < 1.29 is 14.7 Å². The molecule has 0 spiro atoms. The van der Waals surface area contributed by atoms with Crippen LogP contribution in [0.15, 0.2) is 0 Å². The molecule has 0 aromatic heterocycles. The number of rotatable bonds is 3. The summed E-state index contributed by atoms with van der Waals surface area (Å²) in [5.41, 5.74) is 5.76. The highest BCUT2D eigenvalue weighted by Gasteiger charge is 2.39. The molecule has 1 aliphatic heterocycles. The lowest BCUT2D eigenvalue weighted by Crippen LogP contribution is -2.50.